The number of rotatable bonds is 8. The third-order valence-electron chi connectivity index (χ3n) is 5.23. The fourth-order valence-electron chi connectivity index (χ4n) is 3.61. The van der Waals surface area contributed by atoms with E-state index in [0.29, 0.717) is 11.8 Å². The molecule has 1 atom stereocenters. The summed E-state index contributed by atoms with van der Waals surface area (Å²) in [5.41, 5.74) is 1.49. The van der Waals surface area contributed by atoms with Crippen molar-refractivity contribution in [2.75, 3.05) is 13.1 Å². The number of hydrogen-bond acceptors (Lipinski definition) is 1. The lowest BCUT2D eigenvalue weighted by Crippen LogP contribution is -2.31. The van der Waals surface area contributed by atoms with Crippen LogP contribution in [0.15, 0.2) is 30.3 Å². The van der Waals surface area contributed by atoms with Crippen molar-refractivity contribution in [3.05, 3.63) is 35.9 Å². The van der Waals surface area contributed by atoms with Gasteiger partial charge in [-0.2, -0.15) is 0 Å². The first-order valence-electron chi connectivity index (χ1n) is 8.51. The Morgan fingerprint density at radius 1 is 0.950 bits per heavy atom. The topological polar surface area (TPSA) is 12.0 Å². The Hall–Kier alpha value is -0.820. The molecule has 2 aliphatic rings. The molecular weight excluding hydrogens is 242 g/mol. The van der Waals surface area contributed by atoms with E-state index in [-0.39, 0.29) is 0 Å². The maximum Gasteiger partial charge on any atom is 0.00227 e. The van der Waals surface area contributed by atoms with E-state index < -0.39 is 0 Å². The molecule has 20 heavy (non-hydrogen) atoms. The maximum absolute atomic E-state index is 3.81. The van der Waals surface area contributed by atoms with Crippen molar-refractivity contribution >= 4 is 0 Å². The zero-order valence-electron chi connectivity index (χ0n) is 13.0. The highest BCUT2D eigenvalue weighted by Gasteiger charge is 2.40. The van der Waals surface area contributed by atoms with Gasteiger partial charge in [0.05, 0.1) is 0 Å². The highest BCUT2D eigenvalue weighted by molar-refractivity contribution is 5.20. The molecule has 0 bridgehead atoms. The van der Waals surface area contributed by atoms with Gasteiger partial charge in [-0.1, -0.05) is 44.2 Å². The molecule has 0 spiro atoms. The first-order valence-corrected chi connectivity index (χ1v) is 8.51. The van der Waals surface area contributed by atoms with E-state index in [0.717, 1.165) is 24.3 Å². The van der Waals surface area contributed by atoms with E-state index >= 15 is 0 Å². The van der Waals surface area contributed by atoms with Crippen molar-refractivity contribution in [1.29, 1.82) is 0 Å². The highest BCUT2D eigenvalue weighted by Crippen LogP contribution is 2.48. The van der Waals surface area contributed by atoms with Crippen LogP contribution < -0.4 is 5.32 Å². The van der Waals surface area contributed by atoms with E-state index in [1.54, 1.807) is 0 Å². The SMILES string of the molecule is CC(C)C(CNCC(C1CC1)C1CC1)c1ccccc1. The molecule has 1 unspecified atom stereocenters. The van der Waals surface area contributed by atoms with Crippen LogP contribution in [0.5, 0.6) is 0 Å². The van der Waals surface area contributed by atoms with Gasteiger partial charge in [0.25, 0.3) is 0 Å². The normalized spacial score (nSPS) is 20.6. The van der Waals surface area contributed by atoms with Gasteiger partial charge in [-0.3, -0.25) is 0 Å². The fraction of sp³-hybridized carbons (Fsp3) is 0.684. The first kappa shape index (κ1) is 14.1. The predicted molar refractivity (Wildman–Crippen MR) is 85.8 cm³/mol. The van der Waals surface area contributed by atoms with Crippen molar-refractivity contribution in [2.24, 2.45) is 23.7 Å². The van der Waals surface area contributed by atoms with E-state index in [1.165, 1.54) is 37.8 Å². The Kier molecular flexibility index (Phi) is 4.45. The summed E-state index contributed by atoms with van der Waals surface area (Å²) in [6.45, 7) is 7.08. The van der Waals surface area contributed by atoms with Crippen LogP contribution >= 0.6 is 0 Å². The molecule has 0 heterocycles. The van der Waals surface area contributed by atoms with Gasteiger partial charge in [-0.05, 0) is 67.4 Å². The van der Waals surface area contributed by atoms with Crippen LogP contribution in [0.4, 0.5) is 0 Å². The molecule has 0 amide bonds. The second kappa shape index (κ2) is 6.30. The van der Waals surface area contributed by atoms with Gasteiger partial charge in [0.2, 0.25) is 0 Å². The average Bonchev–Trinajstić information content (AvgIpc) is 3.32. The summed E-state index contributed by atoms with van der Waals surface area (Å²) in [7, 11) is 0. The Labute approximate surface area is 124 Å². The van der Waals surface area contributed by atoms with Crippen molar-refractivity contribution in [3.63, 3.8) is 0 Å². The lowest BCUT2D eigenvalue weighted by molar-refractivity contribution is 0.361. The summed E-state index contributed by atoms with van der Waals surface area (Å²) < 4.78 is 0. The standard InChI is InChI=1S/C19H29N/c1-14(2)18(15-6-4-3-5-7-15)12-20-13-19(16-8-9-16)17-10-11-17/h3-7,14,16-20H,8-13H2,1-2H3. The summed E-state index contributed by atoms with van der Waals surface area (Å²) >= 11 is 0. The molecule has 1 heteroatoms. The van der Waals surface area contributed by atoms with Gasteiger partial charge >= 0.3 is 0 Å². The molecule has 110 valence electrons. The Morgan fingerprint density at radius 3 is 2.05 bits per heavy atom. The summed E-state index contributed by atoms with van der Waals surface area (Å²) in [6, 6.07) is 11.0. The molecule has 3 rings (SSSR count). The van der Waals surface area contributed by atoms with Crippen molar-refractivity contribution in [3.8, 4) is 0 Å². The van der Waals surface area contributed by atoms with Crippen LogP contribution in [0, 0.1) is 23.7 Å². The highest BCUT2D eigenvalue weighted by atomic mass is 14.9. The zero-order valence-corrected chi connectivity index (χ0v) is 13.0. The Morgan fingerprint density at radius 2 is 1.55 bits per heavy atom. The zero-order chi connectivity index (χ0) is 13.9. The molecule has 2 saturated carbocycles. The van der Waals surface area contributed by atoms with Gasteiger partial charge in [0.15, 0.2) is 0 Å². The lowest BCUT2D eigenvalue weighted by Gasteiger charge is -2.24. The van der Waals surface area contributed by atoms with Crippen LogP contribution in [0.1, 0.15) is 51.0 Å². The van der Waals surface area contributed by atoms with E-state index in [2.05, 4.69) is 49.5 Å². The van der Waals surface area contributed by atoms with Gasteiger partial charge in [-0.15, -0.1) is 0 Å². The lowest BCUT2D eigenvalue weighted by atomic mass is 9.88. The summed E-state index contributed by atoms with van der Waals surface area (Å²) in [5, 5.41) is 3.81. The minimum Gasteiger partial charge on any atom is -0.316 e. The first-order chi connectivity index (χ1) is 9.75. The second-order valence-corrected chi connectivity index (χ2v) is 7.26. The number of nitrogens with one attached hydrogen (secondary N) is 1. The minimum absolute atomic E-state index is 0.648. The minimum atomic E-state index is 0.648. The number of benzene rings is 1. The van der Waals surface area contributed by atoms with Gasteiger partial charge in [0.1, 0.15) is 0 Å². The molecular formula is C19H29N. The van der Waals surface area contributed by atoms with Crippen LogP contribution in [0.25, 0.3) is 0 Å². The molecule has 2 fully saturated rings. The molecule has 0 aromatic heterocycles. The smallest absolute Gasteiger partial charge is 0.00227 e. The summed E-state index contributed by atoms with van der Waals surface area (Å²) in [4.78, 5) is 0. The van der Waals surface area contributed by atoms with Gasteiger partial charge in [-0.25, -0.2) is 0 Å². The van der Waals surface area contributed by atoms with Gasteiger partial charge < -0.3 is 5.32 Å². The number of hydrogen-bond donors (Lipinski definition) is 1. The third-order valence-corrected chi connectivity index (χ3v) is 5.23. The third kappa shape index (κ3) is 3.63. The van der Waals surface area contributed by atoms with Crippen molar-refractivity contribution in [2.45, 2.75) is 45.4 Å². The van der Waals surface area contributed by atoms with Crippen LogP contribution in [0.3, 0.4) is 0 Å². The molecule has 0 saturated heterocycles. The van der Waals surface area contributed by atoms with Crippen molar-refractivity contribution < 1.29 is 0 Å². The summed E-state index contributed by atoms with van der Waals surface area (Å²) in [6.07, 6.45) is 5.98. The Bertz CT molecular complexity index is 391. The monoisotopic (exact) mass is 271 g/mol. The fourth-order valence-corrected chi connectivity index (χ4v) is 3.61. The summed E-state index contributed by atoms with van der Waals surface area (Å²) in [5.74, 6) is 4.45. The average molecular weight is 271 g/mol. The van der Waals surface area contributed by atoms with E-state index in [1.807, 2.05) is 0 Å². The second-order valence-electron chi connectivity index (χ2n) is 7.26. The molecule has 0 radical (unpaired) electrons. The van der Waals surface area contributed by atoms with E-state index in [4.69, 9.17) is 0 Å². The predicted octanol–water partition coefficient (Wildman–Crippen LogP) is 4.45. The van der Waals surface area contributed by atoms with Crippen LogP contribution in [-0.4, -0.2) is 13.1 Å². The quantitative estimate of drug-likeness (QED) is 0.736. The largest absolute Gasteiger partial charge is 0.316 e. The van der Waals surface area contributed by atoms with E-state index in [9.17, 15) is 0 Å². The van der Waals surface area contributed by atoms with Crippen LogP contribution in [-0.2, 0) is 0 Å². The molecule has 1 N–H and O–H groups in total. The molecule has 0 aliphatic heterocycles. The Balaban J connectivity index is 1.52. The van der Waals surface area contributed by atoms with Crippen LogP contribution in [0.2, 0.25) is 0 Å². The molecule has 1 aromatic carbocycles. The molecule has 1 aromatic rings. The molecule has 1 nitrogen and oxygen atoms in total. The van der Waals surface area contributed by atoms with Gasteiger partial charge in [0, 0.05) is 6.54 Å². The maximum atomic E-state index is 3.81. The molecule has 2 aliphatic carbocycles. The van der Waals surface area contributed by atoms with Crippen molar-refractivity contribution in [1.82, 2.24) is 5.32 Å².